The topological polar surface area (TPSA) is 70.7 Å². The van der Waals surface area contributed by atoms with Crippen molar-refractivity contribution in [3.8, 4) is 5.75 Å². The van der Waals surface area contributed by atoms with E-state index in [9.17, 15) is 9.59 Å². The minimum absolute atomic E-state index is 0.0827. The molecule has 2 N–H and O–H groups in total. The molecule has 0 bridgehead atoms. The van der Waals surface area contributed by atoms with Gasteiger partial charge in [0, 0.05) is 17.1 Å². The molecule has 0 aliphatic carbocycles. The number of carbonyl (C=O) groups is 2. The Morgan fingerprint density at radius 3 is 2.48 bits per heavy atom. The maximum Gasteiger partial charge on any atom is 0.251 e. The molecule has 6 nitrogen and oxygen atoms in total. The van der Waals surface area contributed by atoms with Gasteiger partial charge in [-0.15, -0.1) is 0 Å². The Bertz CT molecular complexity index is 835. The first kappa shape index (κ1) is 21.1. The number of benzene rings is 2. The number of methoxy groups -OCH3 is 1. The molecule has 1 aliphatic heterocycles. The third-order valence-electron chi connectivity index (χ3n) is 5.07. The van der Waals surface area contributed by atoms with Gasteiger partial charge >= 0.3 is 0 Å². The smallest absolute Gasteiger partial charge is 0.251 e. The van der Waals surface area contributed by atoms with Crippen LogP contribution < -0.4 is 15.4 Å². The van der Waals surface area contributed by atoms with Crippen LogP contribution in [-0.4, -0.2) is 50.0 Å². The Hall–Kier alpha value is -2.57. The summed E-state index contributed by atoms with van der Waals surface area (Å²) in [5.74, 6) is 0.258. The number of ether oxygens (including phenoxy) is 1. The molecule has 1 saturated heterocycles. The molecule has 154 valence electrons. The maximum absolute atomic E-state index is 12.3. The van der Waals surface area contributed by atoms with E-state index < -0.39 is 0 Å². The molecular formula is C22H26ClN3O3. The van der Waals surface area contributed by atoms with E-state index in [1.165, 1.54) is 0 Å². The van der Waals surface area contributed by atoms with Gasteiger partial charge in [-0.25, -0.2) is 0 Å². The van der Waals surface area contributed by atoms with Crippen LogP contribution >= 0.6 is 11.6 Å². The fraction of sp³-hybridized carbons (Fsp3) is 0.364. The van der Waals surface area contributed by atoms with Crippen molar-refractivity contribution in [1.29, 1.82) is 0 Å². The molecule has 0 radical (unpaired) electrons. The Morgan fingerprint density at radius 1 is 1.10 bits per heavy atom. The summed E-state index contributed by atoms with van der Waals surface area (Å²) in [6.07, 6.45) is 2.33. The summed E-state index contributed by atoms with van der Waals surface area (Å²) in [5, 5.41) is 6.07. The molecule has 7 heteroatoms. The zero-order chi connectivity index (χ0) is 20.6. The van der Waals surface area contributed by atoms with Crippen LogP contribution in [0, 0.1) is 0 Å². The molecule has 0 saturated carbocycles. The van der Waals surface area contributed by atoms with Crippen LogP contribution in [0.1, 0.15) is 34.8 Å². The molecule has 1 heterocycles. The number of hydrogen-bond donors (Lipinski definition) is 2. The van der Waals surface area contributed by atoms with Crippen molar-refractivity contribution in [3.63, 3.8) is 0 Å². The van der Waals surface area contributed by atoms with Gasteiger partial charge in [-0.3, -0.25) is 14.5 Å². The van der Waals surface area contributed by atoms with Crippen LogP contribution in [0.2, 0.25) is 5.02 Å². The van der Waals surface area contributed by atoms with Crippen LogP contribution in [0.15, 0.2) is 48.5 Å². The van der Waals surface area contributed by atoms with Crippen LogP contribution in [-0.2, 0) is 4.79 Å². The lowest BCUT2D eigenvalue weighted by Crippen LogP contribution is -2.41. The first-order valence-corrected chi connectivity index (χ1v) is 10.1. The molecule has 2 aromatic carbocycles. The molecule has 0 spiro atoms. The monoisotopic (exact) mass is 415 g/mol. The summed E-state index contributed by atoms with van der Waals surface area (Å²) in [6.45, 7) is 2.43. The van der Waals surface area contributed by atoms with Gasteiger partial charge in [0.15, 0.2) is 0 Å². The molecule has 0 aromatic heterocycles. The summed E-state index contributed by atoms with van der Waals surface area (Å²) < 4.78 is 5.24. The van der Waals surface area contributed by atoms with E-state index in [-0.39, 0.29) is 24.4 Å². The fourth-order valence-electron chi connectivity index (χ4n) is 3.50. The number of hydrogen-bond acceptors (Lipinski definition) is 4. The average Bonchev–Trinajstić information content (AvgIpc) is 3.27. The predicted molar refractivity (Wildman–Crippen MR) is 113 cm³/mol. The number of likely N-dealkylation sites (tertiary alicyclic amines) is 1. The van der Waals surface area contributed by atoms with Crippen molar-refractivity contribution in [1.82, 2.24) is 15.5 Å². The highest BCUT2D eigenvalue weighted by atomic mass is 35.5. The van der Waals surface area contributed by atoms with Crippen molar-refractivity contribution in [3.05, 3.63) is 64.7 Å². The van der Waals surface area contributed by atoms with Crippen LogP contribution in [0.5, 0.6) is 5.75 Å². The summed E-state index contributed by atoms with van der Waals surface area (Å²) in [6, 6.07) is 14.7. The zero-order valence-electron chi connectivity index (χ0n) is 16.5. The quantitative estimate of drug-likeness (QED) is 0.695. The first-order chi connectivity index (χ1) is 14.1. The second-order valence-electron chi connectivity index (χ2n) is 7.03. The van der Waals surface area contributed by atoms with E-state index in [4.69, 9.17) is 16.3 Å². The Balaban J connectivity index is 1.55. The second-order valence-corrected chi connectivity index (χ2v) is 7.47. The summed E-state index contributed by atoms with van der Waals surface area (Å²) in [7, 11) is 1.64. The van der Waals surface area contributed by atoms with E-state index in [2.05, 4.69) is 15.5 Å². The standard InChI is InChI=1S/C22H26ClN3O3/c1-29-19-9-7-16(8-10-19)20(26-11-2-3-12-26)14-24-21(27)15-25-22(28)17-5-4-6-18(23)13-17/h4-10,13,20H,2-3,11-12,14-15H2,1H3,(H,24,27)(H,25,28)/t20-/m0/s1. The number of rotatable bonds is 8. The highest BCUT2D eigenvalue weighted by molar-refractivity contribution is 6.30. The van der Waals surface area contributed by atoms with E-state index in [0.29, 0.717) is 17.1 Å². The minimum Gasteiger partial charge on any atom is -0.497 e. The molecule has 1 aliphatic rings. The Kier molecular flexibility index (Phi) is 7.49. The lowest BCUT2D eigenvalue weighted by molar-refractivity contribution is -0.120. The Morgan fingerprint density at radius 2 is 1.83 bits per heavy atom. The van der Waals surface area contributed by atoms with Gasteiger partial charge in [0.2, 0.25) is 5.91 Å². The van der Waals surface area contributed by atoms with Gasteiger partial charge in [-0.2, -0.15) is 0 Å². The first-order valence-electron chi connectivity index (χ1n) is 9.75. The molecule has 2 amide bonds. The molecule has 1 fully saturated rings. The maximum atomic E-state index is 12.3. The lowest BCUT2D eigenvalue weighted by Gasteiger charge is -2.28. The fourth-order valence-corrected chi connectivity index (χ4v) is 3.69. The molecule has 0 unspecified atom stereocenters. The van der Waals surface area contributed by atoms with Gasteiger partial charge < -0.3 is 15.4 Å². The van der Waals surface area contributed by atoms with E-state index in [1.54, 1.807) is 31.4 Å². The van der Waals surface area contributed by atoms with Gasteiger partial charge in [0.05, 0.1) is 19.7 Å². The molecular weight excluding hydrogens is 390 g/mol. The van der Waals surface area contributed by atoms with Gasteiger partial charge in [-0.05, 0) is 61.8 Å². The second kappa shape index (κ2) is 10.3. The molecule has 2 aromatic rings. The van der Waals surface area contributed by atoms with Crippen molar-refractivity contribution in [2.75, 3.05) is 33.3 Å². The number of nitrogens with zero attached hydrogens (tertiary/aromatic N) is 1. The molecule has 3 rings (SSSR count). The average molecular weight is 416 g/mol. The van der Waals surface area contributed by atoms with Crippen molar-refractivity contribution in [2.24, 2.45) is 0 Å². The van der Waals surface area contributed by atoms with Gasteiger partial charge in [0.25, 0.3) is 5.91 Å². The molecule has 1 atom stereocenters. The number of nitrogens with one attached hydrogen (secondary N) is 2. The van der Waals surface area contributed by atoms with Crippen molar-refractivity contribution >= 4 is 23.4 Å². The third kappa shape index (κ3) is 5.95. The van der Waals surface area contributed by atoms with E-state index >= 15 is 0 Å². The summed E-state index contributed by atoms with van der Waals surface area (Å²) in [4.78, 5) is 26.8. The third-order valence-corrected chi connectivity index (χ3v) is 5.31. The minimum atomic E-state index is -0.325. The summed E-state index contributed by atoms with van der Waals surface area (Å²) >= 11 is 5.90. The SMILES string of the molecule is COc1ccc([C@H](CNC(=O)CNC(=O)c2cccc(Cl)c2)N2CCCC2)cc1. The Labute approximate surface area is 176 Å². The highest BCUT2D eigenvalue weighted by Crippen LogP contribution is 2.26. The van der Waals surface area contributed by atoms with Gasteiger partial charge in [0.1, 0.15) is 5.75 Å². The normalized spacial score (nSPS) is 15.0. The number of carbonyl (C=O) groups excluding carboxylic acids is 2. The highest BCUT2D eigenvalue weighted by Gasteiger charge is 2.24. The van der Waals surface area contributed by atoms with E-state index in [0.717, 1.165) is 37.2 Å². The van der Waals surface area contributed by atoms with Crippen molar-refractivity contribution < 1.29 is 14.3 Å². The predicted octanol–water partition coefficient (Wildman–Crippen LogP) is 3.03. The molecule has 29 heavy (non-hydrogen) atoms. The van der Waals surface area contributed by atoms with E-state index in [1.807, 2.05) is 24.3 Å². The number of halogens is 1. The summed E-state index contributed by atoms with van der Waals surface area (Å²) in [5.41, 5.74) is 1.56. The zero-order valence-corrected chi connectivity index (χ0v) is 17.2. The largest absolute Gasteiger partial charge is 0.497 e. The lowest BCUT2D eigenvalue weighted by atomic mass is 10.1. The van der Waals surface area contributed by atoms with Crippen molar-refractivity contribution in [2.45, 2.75) is 18.9 Å². The van der Waals surface area contributed by atoms with Gasteiger partial charge in [-0.1, -0.05) is 29.8 Å². The number of amides is 2. The van der Waals surface area contributed by atoms with Crippen LogP contribution in [0.4, 0.5) is 0 Å². The van der Waals surface area contributed by atoms with Crippen LogP contribution in [0.25, 0.3) is 0 Å². The van der Waals surface area contributed by atoms with Crippen LogP contribution in [0.3, 0.4) is 0 Å².